The normalized spacial score (nSPS) is 11.0. The van der Waals surface area contributed by atoms with Gasteiger partial charge in [0.1, 0.15) is 12.4 Å². The van der Waals surface area contributed by atoms with E-state index in [1.807, 2.05) is 0 Å². The van der Waals surface area contributed by atoms with Gasteiger partial charge < -0.3 is 4.74 Å². The van der Waals surface area contributed by atoms with Gasteiger partial charge in [0.25, 0.3) is 5.69 Å². The van der Waals surface area contributed by atoms with E-state index < -0.39 is 15.6 Å². The van der Waals surface area contributed by atoms with Crippen LogP contribution in [0, 0.1) is 15.5 Å². The van der Waals surface area contributed by atoms with Crippen molar-refractivity contribution < 1.29 is 14.5 Å². The number of carbonyl (C=O) groups excluding carboxylic acids is 1. The first-order valence-corrected chi connectivity index (χ1v) is 5.28. The summed E-state index contributed by atoms with van der Waals surface area (Å²) in [5.41, 5.74) is -0.885. The maximum Gasteiger partial charge on any atom is 0.273 e. The van der Waals surface area contributed by atoms with E-state index >= 15 is 0 Å². The largest absolute Gasteiger partial charge is 0.492 e. The van der Waals surface area contributed by atoms with Crippen LogP contribution in [0.2, 0.25) is 0 Å². The van der Waals surface area contributed by atoms with Gasteiger partial charge in [-0.1, -0.05) is 6.07 Å². The molecule has 0 saturated carbocycles. The van der Waals surface area contributed by atoms with Gasteiger partial charge in [-0.3, -0.25) is 14.9 Å². The Hall–Kier alpha value is -1.62. The molecule has 1 aromatic rings. The van der Waals surface area contributed by atoms with E-state index in [0.717, 1.165) is 0 Å². The number of nitrogens with zero attached hydrogens (tertiary/aromatic N) is 1. The molecule has 0 spiro atoms. The Morgan fingerprint density at radius 2 is 2.18 bits per heavy atom. The van der Waals surface area contributed by atoms with Crippen LogP contribution in [0.3, 0.4) is 0 Å². The fourth-order valence-corrected chi connectivity index (χ4v) is 1.06. The number of non-ortho nitro benzene ring substituents is 1. The molecule has 0 unspecified atom stereocenters. The van der Waals surface area contributed by atoms with Gasteiger partial charge in [0.05, 0.1) is 16.4 Å². The summed E-state index contributed by atoms with van der Waals surface area (Å²) in [5, 5.41) is 10.0. The van der Waals surface area contributed by atoms with Gasteiger partial charge >= 0.3 is 0 Å². The van der Waals surface area contributed by atoms with Gasteiger partial charge in [0.15, 0.2) is 0 Å². The van der Waals surface area contributed by atoms with Crippen molar-refractivity contribution >= 4 is 22.5 Å². The SMILES string of the molecule is CC(C)(COc1cccc([N+](=O)[O-])c1)C(=O)Cl. The highest BCUT2D eigenvalue weighted by atomic mass is 35.5. The average Bonchev–Trinajstić information content (AvgIpc) is 2.26. The molecule has 0 fully saturated rings. The summed E-state index contributed by atoms with van der Waals surface area (Å²) >= 11 is 5.39. The van der Waals surface area contributed by atoms with Gasteiger partial charge in [-0.2, -0.15) is 0 Å². The molecule has 0 amide bonds. The standard InChI is InChI=1S/C11H12ClNO4/c1-11(2,10(12)14)7-17-9-5-3-4-8(6-9)13(15)16/h3-6H,7H2,1-2H3. The minimum atomic E-state index is -0.827. The maximum absolute atomic E-state index is 11.0. The highest BCUT2D eigenvalue weighted by molar-refractivity contribution is 6.64. The highest BCUT2D eigenvalue weighted by Gasteiger charge is 2.27. The highest BCUT2D eigenvalue weighted by Crippen LogP contribution is 2.23. The zero-order chi connectivity index (χ0) is 13.1. The number of nitro groups is 1. The third-order valence-electron chi connectivity index (χ3n) is 2.16. The van der Waals surface area contributed by atoms with Crippen LogP contribution in [0.1, 0.15) is 13.8 Å². The molecule has 0 bridgehead atoms. The van der Waals surface area contributed by atoms with Gasteiger partial charge in [0, 0.05) is 6.07 Å². The Bertz CT molecular complexity index is 445. The Labute approximate surface area is 103 Å². The number of rotatable bonds is 5. The summed E-state index contributed by atoms with van der Waals surface area (Å²) in [6.45, 7) is 3.34. The van der Waals surface area contributed by atoms with E-state index in [-0.39, 0.29) is 12.3 Å². The van der Waals surface area contributed by atoms with Gasteiger partial charge in [-0.15, -0.1) is 0 Å². The monoisotopic (exact) mass is 257 g/mol. The second kappa shape index (κ2) is 5.14. The number of carbonyl (C=O) groups is 1. The molecule has 0 aliphatic rings. The summed E-state index contributed by atoms with van der Waals surface area (Å²) in [6.07, 6.45) is 0. The van der Waals surface area contributed by atoms with Crippen molar-refractivity contribution in [3.63, 3.8) is 0 Å². The first-order valence-electron chi connectivity index (χ1n) is 4.90. The summed E-state index contributed by atoms with van der Waals surface area (Å²) in [6, 6.07) is 5.77. The molecule has 17 heavy (non-hydrogen) atoms. The molecule has 0 aliphatic heterocycles. The lowest BCUT2D eigenvalue weighted by molar-refractivity contribution is -0.384. The third-order valence-corrected chi connectivity index (χ3v) is 2.67. The van der Waals surface area contributed by atoms with Crippen LogP contribution < -0.4 is 4.74 Å². The fourth-order valence-electron chi connectivity index (χ4n) is 1.01. The van der Waals surface area contributed by atoms with E-state index in [1.54, 1.807) is 19.9 Å². The van der Waals surface area contributed by atoms with Crippen LogP contribution >= 0.6 is 11.6 Å². The summed E-state index contributed by atoms with van der Waals surface area (Å²) < 4.78 is 5.31. The molecule has 0 radical (unpaired) electrons. The van der Waals surface area contributed by atoms with Crippen LogP contribution in [0.15, 0.2) is 24.3 Å². The molecular formula is C11H12ClNO4. The smallest absolute Gasteiger partial charge is 0.273 e. The van der Waals surface area contributed by atoms with Gasteiger partial charge in [-0.05, 0) is 31.5 Å². The van der Waals surface area contributed by atoms with Crippen molar-refractivity contribution in [2.75, 3.05) is 6.61 Å². The third kappa shape index (κ3) is 3.71. The van der Waals surface area contributed by atoms with Crippen LogP contribution in [0.4, 0.5) is 5.69 Å². The molecule has 6 heteroatoms. The topological polar surface area (TPSA) is 69.4 Å². The predicted octanol–water partition coefficient (Wildman–Crippen LogP) is 2.77. The number of benzene rings is 1. The lowest BCUT2D eigenvalue weighted by Gasteiger charge is -2.19. The lowest BCUT2D eigenvalue weighted by atomic mass is 9.97. The van der Waals surface area contributed by atoms with E-state index in [9.17, 15) is 14.9 Å². The van der Waals surface area contributed by atoms with E-state index in [4.69, 9.17) is 16.3 Å². The molecule has 92 valence electrons. The second-order valence-corrected chi connectivity index (χ2v) is 4.54. The van der Waals surface area contributed by atoms with Crippen molar-refractivity contribution in [3.8, 4) is 5.75 Å². The number of hydrogen-bond donors (Lipinski definition) is 0. The zero-order valence-corrected chi connectivity index (χ0v) is 10.2. The molecule has 1 rings (SSSR count). The molecule has 0 heterocycles. The van der Waals surface area contributed by atoms with Crippen molar-refractivity contribution in [3.05, 3.63) is 34.4 Å². The minimum Gasteiger partial charge on any atom is -0.492 e. The van der Waals surface area contributed by atoms with E-state index in [0.29, 0.717) is 5.75 Å². The maximum atomic E-state index is 11.0. The van der Waals surface area contributed by atoms with Crippen LogP contribution in [-0.2, 0) is 4.79 Å². The molecule has 0 atom stereocenters. The summed E-state index contributed by atoms with van der Waals surface area (Å²) in [5.74, 6) is 0.338. The predicted molar refractivity (Wildman–Crippen MR) is 63.2 cm³/mol. The summed E-state index contributed by atoms with van der Waals surface area (Å²) in [7, 11) is 0. The average molecular weight is 258 g/mol. The second-order valence-electron chi connectivity index (χ2n) is 4.20. The molecule has 1 aromatic carbocycles. The minimum absolute atomic E-state index is 0.0579. The number of ether oxygens (including phenoxy) is 1. The number of halogens is 1. The number of hydrogen-bond acceptors (Lipinski definition) is 4. The molecule has 0 aromatic heterocycles. The van der Waals surface area contributed by atoms with Crippen molar-refractivity contribution in [2.45, 2.75) is 13.8 Å². The van der Waals surface area contributed by atoms with Crippen molar-refractivity contribution in [1.29, 1.82) is 0 Å². The molecular weight excluding hydrogens is 246 g/mol. The van der Waals surface area contributed by atoms with E-state index in [1.165, 1.54) is 18.2 Å². The quantitative estimate of drug-likeness (QED) is 0.462. The Balaban J connectivity index is 2.73. The Kier molecular flexibility index (Phi) is 4.07. The van der Waals surface area contributed by atoms with Crippen LogP contribution in [-0.4, -0.2) is 16.8 Å². The fraction of sp³-hybridized carbons (Fsp3) is 0.364. The Morgan fingerprint density at radius 3 is 2.71 bits per heavy atom. The molecule has 5 nitrogen and oxygen atoms in total. The Morgan fingerprint density at radius 1 is 1.53 bits per heavy atom. The van der Waals surface area contributed by atoms with Crippen LogP contribution in [0.25, 0.3) is 0 Å². The van der Waals surface area contributed by atoms with Gasteiger partial charge in [0.2, 0.25) is 5.24 Å². The van der Waals surface area contributed by atoms with Crippen molar-refractivity contribution in [2.24, 2.45) is 5.41 Å². The van der Waals surface area contributed by atoms with Crippen molar-refractivity contribution in [1.82, 2.24) is 0 Å². The van der Waals surface area contributed by atoms with Gasteiger partial charge in [-0.25, -0.2) is 0 Å². The first-order chi connectivity index (χ1) is 7.83. The van der Waals surface area contributed by atoms with E-state index in [2.05, 4.69) is 0 Å². The molecule has 0 N–H and O–H groups in total. The van der Waals surface area contributed by atoms with Crippen LogP contribution in [0.5, 0.6) is 5.75 Å². The summed E-state index contributed by atoms with van der Waals surface area (Å²) in [4.78, 5) is 21.1. The molecule has 0 saturated heterocycles. The first kappa shape index (κ1) is 13.4. The zero-order valence-electron chi connectivity index (χ0n) is 9.47. The molecule has 0 aliphatic carbocycles. The lowest BCUT2D eigenvalue weighted by Crippen LogP contribution is -2.27. The number of nitro benzene ring substituents is 1.